The van der Waals surface area contributed by atoms with Crippen molar-refractivity contribution >= 4 is 11.7 Å². The van der Waals surface area contributed by atoms with E-state index in [2.05, 4.69) is 5.48 Å². The van der Waals surface area contributed by atoms with E-state index in [0.717, 1.165) is 4.90 Å². The van der Waals surface area contributed by atoms with Crippen LogP contribution in [0.5, 0.6) is 5.75 Å². The molecule has 20 heavy (non-hydrogen) atoms. The van der Waals surface area contributed by atoms with Gasteiger partial charge >= 0.3 is 6.03 Å². The number of para-hydroxylation sites is 1. The lowest BCUT2D eigenvalue weighted by molar-refractivity contribution is 0.185. The van der Waals surface area contributed by atoms with Crippen LogP contribution >= 0.6 is 0 Å². The lowest BCUT2D eigenvalue weighted by atomic mass is 10.3. The largest absolute Gasteiger partial charge is 0.378 e. The van der Waals surface area contributed by atoms with Crippen molar-refractivity contribution in [3.05, 3.63) is 60.4 Å². The molecule has 0 aliphatic heterocycles. The molecule has 2 rings (SSSR count). The van der Waals surface area contributed by atoms with Gasteiger partial charge in [-0.25, -0.2) is 9.18 Å². The maximum atomic E-state index is 12.7. The van der Waals surface area contributed by atoms with Crippen molar-refractivity contribution in [2.24, 2.45) is 0 Å². The highest BCUT2D eigenvalue weighted by Crippen LogP contribution is 2.13. The van der Waals surface area contributed by atoms with Crippen LogP contribution < -0.4 is 15.2 Å². The van der Waals surface area contributed by atoms with E-state index in [1.54, 1.807) is 36.5 Å². The van der Waals surface area contributed by atoms with E-state index in [1.807, 2.05) is 0 Å². The molecule has 0 unspecified atom stereocenters. The van der Waals surface area contributed by atoms with Gasteiger partial charge in [-0.2, -0.15) is 15.6 Å². The fourth-order valence-corrected chi connectivity index (χ4v) is 1.45. The second kappa shape index (κ2) is 6.20. The van der Waals surface area contributed by atoms with Crippen molar-refractivity contribution in [3.63, 3.8) is 0 Å². The van der Waals surface area contributed by atoms with Gasteiger partial charge in [0.25, 0.3) is 0 Å². The zero-order valence-corrected chi connectivity index (χ0v) is 10.3. The highest BCUT2D eigenvalue weighted by molar-refractivity contribution is 5.94. The molecule has 0 atom stereocenters. The molecular formula is C14H10FN3O2. The fraction of sp³-hybridized carbons (Fsp3) is 0. The van der Waals surface area contributed by atoms with E-state index in [9.17, 15) is 9.18 Å². The molecular weight excluding hydrogens is 261 g/mol. The molecule has 5 nitrogen and oxygen atoms in total. The summed E-state index contributed by atoms with van der Waals surface area (Å²) in [5.41, 5.74) is 2.52. The average molecular weight is 271 g/mol. The Kier molecular flexibility index (Phi) is 4.14. The molecule has 0 saturated heterocycles. The van der Waals surface area contributed by atoms with E-state index in [4.69, 9.17) is 10.1 Å². The summed E-state index contributed by atoms with van der Waals surface area (Å²) < 4.78 is 12.7. The van der Waals surface area contributed by atoms with Gasteiger partial charge in [-0.05, 0) is 36.4 Å². The number of hydrogen-bond acceptors (Lipinski definition) is 3. The molecule has 0 aromatic heterocycles. The van der Waals surface area contributed by atoms with Gasteiger partial charge in [0.1, 0.15) is 5.82 Å². The minimum absolute atomic E-state index is 0.255. The summed E-state index contributed by atoms with van der Waals surface area (Å²) in [4.78, 5) is 17.6. The SMILES string of the molecule is N#CN(C(=O)NOc1ccc(F)cc1)c1ccccc1. The van der Waals surface area contributed by atoms with Gasteiger partial charge in [0, 0.05) is 0 Å². The maximum Gasteiger partial charge on any atom is 0.368 e. The summed E-state index contributed by atoms with van der Waals surface area (Å²) in [6.45, 7) is 0. The first-order valence-corrected chi connectivity index (χ1v) is 5.68. The predicted octanol–water partition coefficient (Wildman–Crippen LogP) is 2.82. The molecule has 2 amide bonds. The maximum absolute atomic E-state index is 12.7. The molecule has 100 valence electrons. The first-order chi connectivity index (χ1) is 9.70. The van der Waals surface area contributed by atoms with E-state index in [1.165, 1.54) is 24.3 Å². The lowest BCUT2D eigenvalue weighted by Crippen LogP contribution is -2.38. The number of nitrogens with one attached hydrogen (secondary N) is 1. The van der Waals surface area contributed by atoms with E-state index in [-0.39, 0.29) is 5.75 Å². The fourth-order valence-electron chi connectivity index (χ4n) is 1.45. The molecule has 2 aromatic carbocycles. The number of nitriles is 1. The second-order valence-electron chi connectivity index (χ2n) is 3.73. The van der Waals surface area contributed by atoms with E-state index in [0.29, 0.717) is 5.69 Å². The monoisotopic (exact) mass is 271 g/mol. The summed E-state index contributed by atoms with van der Waals surface area (Å²) in [5.74, 6) is -0.155. The van der Waals surface area contributed by atoms with Gasteiger partial charge in [0.2, 0.25) is 0 Å². The van der Waals surface area contributed by atoms with Crippen molar-refractivity contribution in [2.45, 2.75) is 0 Å². The summed E-state index contributed by atoms with van der Waals surface area (Å²) >= 11 is 0. The Bertz CT molecular complexity index is 623. The van der Waals surface area contributed by atoms with Crippen LogP contribution in [-0.2, 0) is 0 Å². The first-order valence-electron chi connectivity index (χ1n) is 5.68. The number of hydrogen-bond donors (Lipinski definition) is 1. The zero-order valence-electron chi connectivity index (χ0n) is 10.3. The van der Waals surface area contributed by atoms with Crippen LogP contribution in [0, 0.1) is 17.3 Å². The number of anilines is 1. The molecule has 0 saturated carbocycles. The Labute approximate surface area is 114 Å². The van der Waals surface area contributed by atoms with E-state index < -0.39 is 11.8 Å². The highest BCUT2D eigenvalue weighted by atomic mass is 19.1. The smallest absolute Gasteiger partial charge is 0.368 e. The molecule has 0 bridgehead atoms. The number of rotatable bonds is 3. The van der Waals surface area contributed by atoms with Crippen LogP contribution in [0.15, 0.2) is 54.6 Å². The second-order valence-corrected chi connectivity index (χ2v) is 3.73. The molecule has 1 N–H and O–H groups in total. The van der Waals surface area contributed by atoms with Crippen LogP contribution in [0.3, 0.4) is 0 Å². The summed E-state index contributed by atoms with van der Waals surface area (Å²) in [6.07, 6.45) is 1.74. The molecule has 0 aliphatic rings. The Balaban J connectivity index is 2.00. The van der Waals surface area contributed by atoms with Crippen LogP contribution in [-0.4, -0.2) is 6.03 Å². The van der Waals surface area contributed by atoms with Crippen molar-refractivity contribution in [2.75, 3.05) is 4.90 Å². The van der Waals surface area contributed by atoms with Crippen LogP contribution in [0.25, 0.3) is 0 Å². The van der Waals surface area contributed by atoms with Gasteiger partial charge in [-0.1, -0.05) is 18.2 Å². The highest BCUT2D eigenvalue weighted by Gasteiger charge is 2.15. The topological polar surface area (TPSA) is 65.4 Å². The summed E-state index contributed by atoms with van der Waals surface area (Å²) in [6, 6.07) is 12.8. The quantitative estimate of drug-likeness (QED) is 0.530. The van der Waals surface area contributed by atoms with Crippen molar-refractivity contribution in [3.8, 4) is 11.9 Å². The number of halogens is 1. The molecule has 0 radical (unpaired) electrons. The van der Waals surface area contributed by atoms with Gasteiger partial charge < -0.3 is 4.84 Å². The predicted molar refractivity (Wildman–Crippen MR) is 70.1 cm³/mol. The Morgan fingerprint density at radius 2 is 1.80 bits per heavy atom. The molecule has 0 aliphatic carbocycles. The average Bonchev–Trinajstić information content (AvgIpc) is 2.48. The third kappa shape index (κ3) is 3.23. The van der Waals surface area contributed by atoms with E-state index >= 15 is 0 Å². The molecule has 2 aromatic rings. The Morgan fingerprint density at radius 1 is 1.15 bits per heavy atom. The Hall–Kier alpha value is -3.07. The number of benzene rings is 2. The normalized spacial score (nSPS) is 9.40. The van der Waals surface area contributed by atoms with Crippen molar-refractivity contribution in [1.29, 1.82) is 5.26 Å². The summed E-state index contributed by atoms with van der Waals surface area (Å²) in [7, 11) is 0. The van der Waals surface area contributed by atoms with Gasteiger partial charge in [0.15, 0.2) is 11.9 Å². The van der Waals surface area contributed by atoms with Crippen LogP contribution in [0.2, 0.25) is 0 Å². The van der Waals surface area contributed by atoms with Crippen LogP contribution in [0.4, 0.5) is 14.9 Å². The molecule has 0 heterocycles. The van der Waals surface area contributed by atoms with Crippen molar-refractivity contribution < 1.29 is 14.0 Å². The molecule has 0 fully saturated rings. The van der Waals surface area contributed by atoms with Gasteiger partial charge in [-0.3, -0.25) is 0 Å². The number of carbonyl (C=O) groups excluding carboxylic acids is 1. The number of hydroxylamine groups is 1. The first kappa shape index (κ1) is 13.4. The molecule has 6 heteroatoms. The number of carbonyl (C=O) groups is 1. The lowest BCUT2D eigenvalue weighted by Gasteiger charge is -2.14. The Morgan fingerprint density at radius 3 is 2.40 bits per heavy atom. The number of urea groups is 1. The van der Waals surface area contributed by atoms with Crippen LogP contribution in [0.1, 0.15) is 0 Å². The summed E-state index contributed by atoms with van der Waals surface area (Å²) in [5, 5.41) is 8.99. The van der Waals surface area contributed by atoms with Gasteiger partial charge in [0.05, 0.1) is 5.69 Å². The van der Waals surface area contributed by atoms with Crippen molar-refractivity contribution in [1.82, 2.24) is 5.48 Å². The standard InChI is InChI=1S/C14H10FN3O2/c15-11-6-8-13(9-7-11)20-17-14(19)18(10-16)12-4-2-1-3-5-12/h1-9H,(H,17,19). The minimum atomic E-state index is -0.747. The zero-order chi connectivity index (χ0) is 14.4. The molecule has 0 spiro atoms. The minimum Gasteiger partial charge on any atom is -0.378 e. The number of nitrogens with zero attached hydrogens (tertiary/aromatic N) is 2. The number of amides is 2. The third-order valence-corrected chi connectivity index (χ3v) is 2.39. The van der Waals surface area contributed by atoms with Gasteiger partial charge in [-0.15, -0.1) is 0 Å². The third-order valence-electron chi connectivity index (χ3n) is 2.39.